The molecule has 1 aliphatic heterocycles. The number of ether oxygens (including phenoxy) is 1. The smallest absolute Gasteiger partial charge is 0.341 e. The number of hydrogen-bond donors (Lipinski definition) is 2. The summed E-state index contributed by atoms with van der Waals surface area (Å²) >= 11 is 0. The molecule has 2 atom stereocenters. The first-order chi connectivity index (χ1) is 17.8. The van der Waals surface area contributed by atoms with E-state index in [0.29, 0.717) is 13.0 Å². The van der Waals surface area contributed by atoms with E-state index in [-0.39, 0.29) is 42.1 Å². The molecule has 2 N–H and O–H groups in total. The summed E-state index contributed by atoms with van der Waals surface area (Å²) in [6.07, 6.45) is 0.0511. The van der Waals surface area contributed by atoms with Crippen molar-refractivity contribution in [2.75, 3.05) is 18.0 Å². The highest BCUT2D eigenvalue weighted by molar-refractivity contribution is 5.90. The van der Waals surface area contributed by atoms with Crippen molar-refractivity contribution in [3.05, 3.63) is 101 Å². The Morgan fingerprint density at radius 3 is 2.55 bits per heavy atom. The summed E-state index contributed by atoms with van der Waals surface area (Å²) in [6, 6.07) is 20.6. The Morgan fingerprint density at radius 2 is 1.76 bits per heavy atom. The maximum atomic E-state index is 15.2. The lowest BCUT2D eigenvalue weighted by molar-refractivity contribution is 0.0686. The molecule has 5 rings (SSSR count). The highest BCUT2D eigenvalue weighted by Crippen LogP contribution is 2.42. The van der Waals surface area contributed by atoms with E-state index >= 15 is 4.39 Å². The largest absolute Gasteiger partial charge is 0.486 e. The van der Waals surface area contributed by atoms with Crippen LogP contribution in [0.2, 0.25) is 0 Å². The Bertz CT molecular complexity index is 1480. The summed E-state index contributed by atoms with van der Waals surface area (Å²) in [5.41, 5.74) is -0.163. The number of aromatic carboxylic acids is 1. The van der Waals surface area contributed by atoms with Gasteiger partial charge in [0, 0.05) is 6.04 Å². The minimum Gasteiger partial charge on any atom is -0.486 e. The summed E-state index contributed by atoms with van der Waals surface area (Å²) in [7, 11) is 0. The summed E-state index contributed by atoms with van der Waals surface area (Å²) in [4.78, 5) is 12.8. The molecule has 0 fully saturated rings. The standard InChI is InChI=1S/C29H25F3N2O3.ClH/c1-17(20-9-4-7-18-6-2-3-8-21(18)20)33-15-14-19-16-34(28-23(31)10-5-11-25(28)37-19)24-13-12-22(30)26(27(24)32)29(35)36;/h2-13,17,19,33H,14-16H2,1H3,(H,35,36);1H/t17-,19?;/m1./s1. The average molecular weight is 543 g/mol. The van der Waals surface area contributed by atoms with Crippen LogP contribution in [0.5, 0.6) is 5.75 Å². The van der Waals surface area contributed by atoms with Crippen LogP contribution < -0.4 is 15.0 Å². The Labute approximate surface area is 224 Å². The number of carbonyl (C=O) groups is 1. The second kappa shape index (κ2) is 11.3. The van der Waals surface area contributed by atoms with E-state index < -0.39 is 35.1 Å². The van der Waals surface area contributed by atoms with Gasteiger partial charge in [0.25, 0.3) is 0 Å². The minimum atomic E-state index is -1.73. The number of carboxylic acids is 1. The van der Waals surface area contributed by atoms with Crippen molar-refractivity contribution in [2.24, 2.45) is 0 Å². The van der Waals surface area contributed by atoms with Crippen LogP contribution in [-0.2, 0) is 0 Å². The Balaban J connectivity index is 0.00000336. The number of fused-ring (bicyclic) bond motifs is 2. The number of hydrogen-bond acceptors (Lipinski definition) is 4. The number of nitrogens with zero attached hydrogens (tertiary/aromatic N) is 1. The summed E-state index contributed by atoms with van der Waals surface area (Å²) < 4.78 is 50.0. The minimum absolute atomic E-state index is 0. The third kappa shape index (κ3) is 5.14. The second-order valence-electron chi connectivity index (χ2n) is 9.03. The number of rotatable bonds is 7. The summed E-state index contributed by atoms with van der Waals surface area (Å²) in [5.74, 6) is -4.63. The van der Waals surface area contributed by atoms with Gasteiger partial charge in [0.15, 0.2) is 11.6 Å². The molecule has 4 aromatic rings. The van der Waals surface area contributed by atoms with Gasteiger partial charge in [-0.25, -0.2) is 18.0 Å². The van der Waals surface area contributed by atoms with Crippen LogP contribution in [-0.4, -0.2) is 30.3 Å². The van der Waals surface area contributed by atoms with Crippen molar-refractivity contribution in [2.45, 2.75) is 25.5 Å². The van der Waals surface area contributed by atoms with Gasteiger partial charge in [-0.1, -0.05) is 48.5 Å². The first kappa shape index (κ1) is 27.3. The average Bonchev–Trinajstić information content (AvgIpc) is 2.88. The molecule has 0 aromatic heterocycles. The number of benzene rings is 4. The van der Waals surface area contributed by atoms with Crippen molar-refractivity contribution in [3.63, 3.8) is 0 Å². The SMILES string of the molecule is C[C@@H](NCCC1CN(c2ccc(F)c(C(=O)O)c2F)c2c(F)cccc2O1)c1cccc2ccccc12.Cl. The van der Waals surface area contributed by atoms with Crippen LogP contribution in [0.3, 0.4) is 0 Å². The fraction of sp³-hybridized carbons (Fsp3) is 0.207. The summed E-state index contributed by atoms with van der Waals surface area (Å²) in [5, 5.41) is 15.1. The third-order valence-electron chi connectivity index (χ3n) is 6.68. The molecule has 1 heterocycles. The van der Waals surface area contributed by atoms with E-state index in [4.69, 9.17) is 4.74 Å². The quantitative estimate of drug-likeness (QED) is 0.263. The zero-order chi connectivity index (χ0) is 26.1. The van der Waals surface area contributed by atoms with E-state index in [1.165, 1.54) is 17.0 Å². The maximum Gasteiger partial charge on any atom is 0.341 e. The lowest BCUT2D eigenvalue weighted by atomic mass is 9.99. The molecule has 5 nitrogen and oxygen atoms in total. The van der Waals surface area contributed by atoms with Crippen molar-refractivity contribution in [1.82, 2.24) is 5.32 Å². The van der Waals surface area contributed by atoms with Crippen LogP contribution in [0.4, 0.5) is 24.5 Å². The number of para-hydroxylation sites is 1. The fourth-order valence-electron chi connectivity index (χ4n) is 4.88. The molecule has 0 radical (unpaired) electrons. The van der Waals surface area contributed by atoms with Gasteiger partial charge in [-0.05, 0) is 60.5 Å². The van der Waals surface area contributed by atoms with Crippen molar-refractivity contribution < 1.29 is 27.8 Å². The van der Waals surface area contributed by atoms with E-state index in [2.05, 4.69) is 36.5 Å². The molecule has 0 amide bonds. The highest BCUT2D eigenvalue weighted by Gasteiger charge is 2.32. The van der Waals surface area contributed by atoms with Crippen LogP contribution >= 0.6 is 12.4 Å². The zero-order valence-corrected chi connectivity index (χ0v) is 21.3. The van der Waals surface area contributed by atoms with E-state index in [9.17, 15) is 18.7 Å². The molecule has 0 saturated heterocycles. The molecule has 38 heavy (non-hydrogen) atoms. The van der Waals surface area contributed by atoms with Crippen molar-refractivity contribution >= 4 is 40.5 Å². The molecule has 4 aromatic carbocycles. The van der Waals surface area contributed by atoms with Crippen LogP contribution in [0.1, 0.15) is 35.3 Å². The molecule has 198 valence electrons. The monoisotopic (exact) mass is 542 g/mol. The first-order valence-corrected chi connectivity index (χ1v) is 12.0. The van der Waals surface area contributed by atoms with Gasteiger partial charge < -0.3 is 20.1 Å². The van der Waals surface area contributed by atoms with Crippen molar-refractivity contribution in [3.8, 4) is 5.75 Å². The number of carboxylic acid groups (broad SMARTS) is 1. The highest BCUT2D eigenvalue weighted by atomic mass is 35.5. The van der Waals surface area contributed by atoms with Gasteiger partial charge >= 0.3 is 5.97 Å². The van der Waals surface area contributed by atoms with Crippen molar-refractivity contribution in [1.29, 1.82) is 0 Å². The van der Waals surface area contributed by atoms with Gasteiger partial charge in [-0.15, -0.1) is 12.4 Å². The Hall–Kier alpha value is -3.75. The molecule has 1 aliphatic rings. The molecule has 0 aliphatic carbocycles. The Kier molecular flexibility index (Phi) is 8.14. The number of anilines is 2. The van der Waals surface area contributed by atoms with Gasteiger partial charge in [0.2, 0.25) is 0 Å². The Morgan fingerprint density at radius 1 is 1.03 bits per heavy atom. The predicted octanol–water partition coefficient (Wildman–Crippen LogP) is 7.02. The normalized spacial score (nSPS) is 15.4. The van der Waals surface area contributed by atoms with Gasteiger partial charge in [0.05, 0.1) is 12.2 Å². The van der Waals surface area contributed by atoms with Crippen LogP contribution in [0.25, 0.3) is 10.8 Å². The van der Waals surface area contributed by atoms with E-state index in [1.54, 1.807) is 6.07 Å². The molecule has 0 spiro atoms. The molecule has 0 saturated carbocycles. The fourth-order valence-corrected chi connectivity index (χ4v) is 4.88. The van der Waals surface area contributed by atoms with Gasteiger partial charge in [-0.2, -0.15) is 0 Å². The zero-order valence-electron chi connectivity index (χ0n) is 20.5. The topological polar surface area (TPSA) is 61.8 Å². The van der Waals surface area contributed by atoms with Crippen LogP contribution in [0.15, 0.2) is 72.8 Å². The van der Waals surface area contributed by atoms with Crippen LogP contribution in [0, 0.1) is 17.5 Å². The van der Waals surface area contributed by atoms with E-state index in [0.717, 1.165) is 28.5 Å². The number of halogens is 4. The first-order valence-electron chi connectivity index (χ1n) is 12.0. The molecule has 0 bridgehead atoms. The lowest BCUT2D eigenvalue weighted by Crippen LogP contribution is -2.40. The molecule has 9 heteroatoms. The molecule has 1 unspecified atom stereocenters. The lowest BCUT2D eigenvalue weighted by Gasteiger charge is -2.37. The third-order valence-corrected chi connectivity index (χ3v) is 6.68. The predicted molar refractivity (Wildman–Crippen MR) is 143 cm³/mol. The second-order valence-corrected chi connectivity index (χ2v) is 9.03. The van der Waals surface area contributed by atoms with Gasteiger partial charge in [-0.3, -0.25) is 0 Å². The summed E-state index contributed by atoms with van der Waals surface area (Å²) in [6.45, 7) is 2.68. The van der Waals surface area contributed by atoms with Gasteiger partial charge in [0.1, 0.15) is 28.9 Å². The maximum absolute atomic E-state index is 15.2. The van der Waals surface area contributed by atoms with E-state index in [1.807, 2.05) is 18.2 Å². The molecular weight excluding hydrogens is 517 g/mol. The number of nitrogens with one attached hydrogen (secondary N) is 1. The molecular formula is C29H26ClF3N2O3.